The van der Waals surface area contributed by atoms with Gasteiger partial charge in [0.2, 0.25) is 5.91 Å². The van der Waals surface area contributed by atoms with Gasteiger partial charge >= 0.3 is 0 Å². The Kier molecular flexibility index (Phi) is 4.59. The zero-order valence-electron chi connectivity index (χ0n) is 15.0. The van der Waals surface area contributed by atoms with Gasteiger partial charge in [0.25, 0.3) is 5.91 Å². The number of hydrogen-bond acceptors (Lipinski definition) is 4. The first kappa shape index (κ1) is 17.0. The van der Waals surface area contributed by atoms with E-state index in [-0.39, 0.29) is 23.9 Å². The summed E-state index contributed by atoms with van der Waals surface area (Å²) in [4.78, 5) is 33.3. The van der Waals surface area contributed by atoms with Gasteiger partial charge in [-0.15, -0.1) is 0 Å². The van der Waals surface area contributed by atoms with E-state index in [0.29, 0.717) is 5.69 Å². The lowest BCUT2D eigenvalue weighted by Gasteiger charge is -2.35. The molecule has 1 aromatic carbocycles. The summed E-state index contributed by atoms with van der Waals surface area (Å²) < 4.78 is 0. The molecule has 1 atom stereocenters. The number of rotatable bonds is 3. The van der Waals surface area contributed by atoms with Crippen LogP contribution >= 0.6 is 0 Å². The van der Waals surface area contributed by atoms with Gasteiger partial charge in [-0.3, -0.25) is 19.5 Å². The normalized spacial score (nSPS) is 22.1. The molecule has 136 valence electrons. The number of fused-ring (bicyclic) bond motifs is 1. The Morgan fingerprint density at radius 3 is 2.62 bits per heavy atom. The fraction of sp³-hybridized carbons (Fsp3) is 0.450. The number of piperidine rings is 1. The molecule has 1 N–H and O–H groups in total. The average molecular weight is 352 g/mol. The Balaban J connectivity index is 1.38. The lowest BCUT2D eigenvalue weighted by atomic mass is 10.0. The molecular formula is C20H24N4O2. The third-order valence-electron chi connectivity index (χ3n) is 5.59. The van der Waals surface area contributed by atoms with Crippen LogP contribution in [0.15, 0.2) is 36.5 Å². The first-order chi connectivity index (χ1) is 12.6. The number of benzene rings is 1. The lowest BCUT2D eigenvalue weighted by molar-refractivity contribution is -0.131. The van der Waals surface area contributed by atoms with Crippen LogP contribution < -0.4 is 5.32 Å². The molecule has 0 aliphatic carbocycles. The van der Waals surface area contributed by atoms with Crippen LogP contribution in [0.2, 0.25) is 0 Å². The number of pyridine rings is 1. The number of carbonyl (C=O) groups excluding carboxylic acids is 2. The van der Waals surface area contributed by atoms with Crippen LogP contribution in [0.4, 0.5) is 0 Å². The van der Waals surface area contributed by atoms with Crippen LogP contribution in [0.3, 0.4) is 0 Å². The minimum absolute atomic E-state index is 0.0244. The molecule has 1 unspecified atom stereocenters. The molecular weight excluding hydrogens is 328 g/mol. The van der Waals surface area contributed by atoms with Gasteiger partial charge in [0, 0.05) is 44.3 Å². The van der Waals surface area contributed by atoms with Gasteiger partial charge in [0.15, 0.2) is 0 Å². The molecule has 0 saturated carbocycles. The van der Waals surface area contributed by atoms with Crippen molar-refractivity contribution in [3.63, 3.8) is 0 Å². The van der Waals surface area contributed by atoms with Crippen molar-refractivity contribution in [1.82, 2.24) is 20.1 Å². The van der Waals surface area contributed by atoms with Gasteiger partial charge in [0.1, 0.15) is 5.69 Å². The Morgan fingerprint density at radius 2 is 1.88 bits per heavy atom. The second-order valence-electron chi connectivity index (χ2n) is 7.23. The van der Waals surface area contributed by atoms with Crippen molar-refractivity contribution in [3.8, 4) is 0 Å². The smallest absolute Gasteiger partial charge is 0.270 e. The molecule has 2 aliphatic heterocycles. The van der Waals surface area contributed by atoms with Crippen molar-refractivity contribution in [2.45, 2.75) is 31.3 Å². The van der Waals surface area contributed by atoms with Crippen molar-refractivity contribution >= 4 is 22.6 Å². The van der Waals surface area contributed by atoms with E-state index in [1.54, 1.807) is 6.20 Å². The van der Waals surface area contributed by atoms with E-state index in [1.807, 2.05) is 42.3 Å². The van der Waals surface area contributed by atoms with Crippen molar-refractivity contribution < 1.29 is 9.59 Å². The molecule has 2 amide bonds. The van der Waals surface area contributed by atoms with E-state index in [1.165, 1.54) is 0 Å². The highest BCUT2D eigenvalue weighted by molar-refractivity contribution is 6.05. The summed E-state index contributed by atoms with van der Waals surface area (Å²) in [5, 5.41) is 5.03. The molecule has 6 nitrogen and oxygen atoms in total. The van der Waals surface area contributed by atoms with Gasteiger partial charge < -0.3 is 10.2 Å². The number of aromatic nitrogens is 1. The lowest BCUT2D eigenvalue weighted by Crippen LogP contribution is -2.50. The average Bonchev–Trinajstić information content (AvgIpc) is 3.01. The highest BCUT2D eigenvalue weighted by Gasteiger charge is 2.35. The monoisotopic (exact) mass is 352 g/mol. The molecule has 2 aromatic rings. The summed E-state index contributed by atoms with van der Waals surface area (Å²) in [6.07, 6.45) is 4.32. The van der Waals surface area contributed by atoms with Crippen LogP contribution in [-0.2, 0) is 4.79 Å². The fourth-order valence-corrected chi connectivity index (χ4v) is 4.05. The van der Waals surface area contributed by atoms with Crippen molar-refractivity contribution in [1.29, 1.82) is 0 Å². The number of likely N-dealkylation sites (tertiary alicyclic amines) is 2. The third-order valence-corrected chi connectivity index (χ3v) is 5.59. The van der Waals surface area contributed by atoms with E-state index < -0.39 is 0 Å². The summed E-state index contributed by atoms with van der Waals surface area (Å²) in [5.74, 6) is 0.115. The predicted molar refractivity (Wildman–Crippen MR) is 99.8 cm³/mol. The number of amides is 2. The second kappa shape index (κ2) is 7.03. The van der Waals surface area contributed by atoms with E-state index in [2.05, 4.69) is 15.2 Å². The van der Waals surface area contributed by atoms with Crippen LogP contribution in [0.5, 0.6) is 0 Å². The molecule has 0 bridgehead atoms. The highest BCUT2D eigenvalue weighted by atomic mass is 16.2. The molecule has 1 aromatic heterocycles. The van der Waals surface area contributed by atoms with Crippen LogP contribution in [0.1, 0.15) is 29.8 Å². The predicted octanol–water partition coefficient (Wildman–Crippen LogP) is 1.66. The molecule has 3 heterocycles. The minimum Gasteiger partial charge on any atom is -0.348 e. The minimum atomic E-state index is -0.114. The second-order valence-corrected chi connectivity index (χ2v) is 7.23. The van der Waals surface area contributed by atoms with E-state index in [9.17, 15) is 9.59 Å². The molecule has 6 heteroatoms. The number of nitrogens with one attached hydrogen (secondary N) is 1. The van der Waals surface area contributed by atoms with Crippen molar-refractivity contribution in [3.05, 3.63) is 42.2 Å². The van der Waals surface area contributed by atoms with E-state index >= 15 is 0 Å². The summed E-state index contributed by atoms with van der Waals surface area (Å²) in [6, 6.07) is 9.88. The number of nitrogens with zero attached hydrogens (tertiary/aromatic N) is 3. The molecule has 0 radical (unpaired) electrons. The summed E-state index contributed by atoms with van der Waals surface area (Å²) in [5.41, 5.74) is 0.484. The maximum absolute atomic E-state index is 12.7. The molecule has 0 spiro atoms. The first-order valence-electron chi connectivity index (χ1n) is 9.27. The highest BCUT2D eigenvalue weighted by Crippen LogP contribution is 2.21. The zero-order valence-corrected chi connectivity index (χ0v) is 15.0. The molecule has 4 rings (SSSR count). The number of hydrogen-bond donors (Lipinski definition) is 1. The van der Waals surface area contributed by atoms with Crippen molar-refractivity contribution in [2.24, 2.45) is 0 Å². The maximum atomic E-state index is 12.7. The third kappa shape index (κ3) is 3.17. The topological polar surface area (TPSA) is 65.5 Å². The molecule has 2 saturated heterocycles. The largest absolute Gasteiger partial charge is 0.348 e. The summed E-state index contributed by atoms with van der Waals surface area (Å²) in [6.45, 7) is 2.53. The first-order valence-corrected chi connectivity index (χ1v) is 9.27. The van der Waals surface area contributed by atoms with Gasteiger partial charge in [-0.1, -0.05) is 24.3 Å². The standard InChI is InChI=1S/C20H24N4O2/c1-23-11-9-17(20(23)26)24-12-7-15(8-13-24)22-19(25)18-16-5-3-2-4-14(16)6-10-21-18/h2-6,10,15,17H,7-9,11-13H2,1H3,(H,22,25). The molecule has 2 fully saturated rings. The number of likely N-dealkylation sites (N-methyl/N-ethyl adjacent to an activating group) is 1. The van der Waals surface area contributed by atoms with Gasteiger partial charge in [-0.2, -0.15) is 0 Å². The maximum Gasteiger partial charge on any atom is 0.270 e. The van der Waals surface area contributed by atoms with Crippen molar-refractivity contribution in [2.75, 3.05) is 26.7 Å². The Hall–Kier alpha value is -2.47. The Labute approximate surface area is 153 Å². The Bertz CT molecular complexity index is 824. The van der Waals surface area contributed by atoms with Gasteiger partial charge in [-0.05, 0) is 30.7 Å². The SMILES string of the molecule is CN1CCC(N2CCC(NC(=O)c3nccc4ccccc34)CC2)C1=O. The zero-order chi connectivity index (χ0) is 18.1. The van der Waals surface area contributed by atoms with Gasteiger partial charge in [0.05, 0.1) is 6.04 Å². The number of carbonyl (C=O) groups is 2. The Morgan fingerprint density at radius 1 is 1.12 bits per heavy atom. The molecule has 26 heavy (non-hydrogen) atoms. The fourth-order valence-electron chi connectivity index (χ4n) is 4.05. The summed E-state index contributed by atoms with van der Waals surface area (Å²) in [7, 11) is 1.87. The van der Waals surface area contributed by atoms with Crippen LogP contribution in [0.25, 0.3) is 10.8 Å². The van der Waals surface area contributed by atoms with Crippen LogP contribution in [-0.4, -0.2) is 65.4 Å². The molecule has 2 aliphatic rings. The quantitative estimate of drug-likeness (QED) is 0.912. The van der Waals surface area contributed by atoms with E-state index in [4.69, 9.17) is 0 Å². The van der Waals surface area contributed by atoms with Gasteiger partial charge in [-0.25, -0.2) is 0 Å². The summed E-state index contributed by atoms with van der Waals surface area (Å²) >= 11 is 0. The van der Waals surface area contributed by atoms with E-state index in [0.717, 1.165) is 49.7 Å². The van der Waals surface area contributed by atoms with Crippen LogP contribution in [0, 0.1) is 0 Å².